The van der Waals surface area contributed by atoms with Gasteiger partial charge in [0.1, 0.15) is 13.2 Å². The predicted octanol–water partition coefficient (Wildman–Crippen LogP) is 3.67. The zero-order chi connectivity index (χ0) is 19.6. The molecule has 11 heteroatoms. The van der Waals surface area contributed by atoms with Crippen molar-refractivity contribution in [2.24, 2.45) is 0 Å². The predicted molar refractivity (Wildman–Crippen MR) is 105 cm³/mol. The maximum absolute atomic E-state index is 11.8. The number of carbonyl (C=O) groups is 1. The molecular weight excluding hydrogens is 395 g/mol. The molecule has 0 saturated carbocycles. The van der Waals surface area contributed by atoms with Gasteiger partial charge >= 0.3 is 12.1 Å². The van der Waals surface area contributed by atoms with E-state index in [4.69, 9.17) is 32.7 Å². The van der Waals surface area contributed by atoms with Crippen molar-refractivity contribution in [3.63, 3.8) is 0 Å². The van der Waals surface area contributed by atoms with Crippen LogP contribution in [0.1, 0.15) is 13.8 Å². The first-order valence-corrected chi connectivity index (χ1v) is 9.02. The number of anilines is 3. The van der Waals surface area contributed by atoms with E-state index in [-0.39, 0.29) is 19.2 Å². The first kappa shape index (κ1) is 20.8. The molecule has 0 atom stereocenters. The van der Waals surface area contributed by atoms with E-state index in [9.17, 15) is 4.79 Å². The van der Waals surface area contributed by atoms with E-state index in [0.717, 1.165) is 0 Å². The van der Waals surface area contributed by atoms with Crippen LogP contribution >= 0.6 is 23.2 Å². The highest BCUT2D eigenvalue weighted by Crippen LogP contribution is 2.25. The maximum atomic E-state index is 11.8. The summed E-state index contributed by atoms with van der Waals surface area (Å²) in [5, 5.41) is 9.29. The summed E-state index contributed by atoms with van der Waals surface area (Å²) >= 11 is 11.8. The van der Waals surface area contributed by atoms with Crippen LogP contribution in [0.5, 0.6) is 6.01 Å². The van der Waals surface area contributed by atoms with Gasteiger partial charge in [-0.15, -0.1) is 0 Å². The topological polar surface area (TPSA) is 110 Å². The van der Waals surface area contributed by atoms with Crippen molar-refractivity contribution in [3.05, 3.63) is 28.2 Å². The number of benzene rings is 1. The zero-order valence-electron chi connectivity index (χ0n) is 14.9. The molecule has 0 aliphatic heterocycles. The molecule has 0 unspecified atom stereocenters. The van der Waals surface area contributed by atoms with Crippen LogP contribution in [0, 0.1) is 0 Å². The van der Waals surface area contributed by atoms with Gasteiger partial charge in [-0.2, -0.15) is 15.0 Å². The summed E-state index contributed by atoms with van der Waals surface area (Å²) in [5.41, 5.74) is 0.398. The first-order chi connectivity index (χ1) is 13.0. The molecule has 27 heavy (non-hydrogen) atoms. The van der Waals surface area contributed by atoms with Crippen molar-refractivity contribution in [2.75, 3.05) is 42.3 Å². The molecule has 0 bridgehead atoms. The van der Waals surface area contributed by atoms with Crippen LogP contribution in [0.4, 0.5) is 22.4 Å². The van der Waals surface area contributed by atoms with Crippen molar-refractivity contribution >= 4 is 46.9 Å². The summed E-state index contributed by atoms with van der Waals surface area (Å²) in [5.74, 6) is 0.795. The Bertz CT molecular complexity index is 754. The highest BCUT2D eigenvalue weighted by molar-refractivity contribution is 6.36. The van der Waals surface area contributed by atoms with Crippen LogP contribution in [0.3, 0.4) is 0 Å². The number of hydrogen-bond donors (Lipinski definition) is 3. The molecule has 3 N–H and O–H groups in total. The molecule has 1 amide bonds. The number of aromatic nitrogens is 3. The van der Waals surface area contributed by atoms with Crippen molar-refractivity contribution in [2.45, 2.75) is 13.8 Å². The lowest BCUT2D eigenvalue weighted by atomic mass is 10.3. The minimum Gasteiger partial charge on any atom is -0.460 e. The standard InChI is InChI=1S/C16H20Cl2N6O3/c1-3-19-13-22-14(20-4-2)24-15(23-13)26-7-8-27-16(25)21-12-6-5-10(17)9-11(12)18/h5-6,9H,3-4,7-8H2,1-2H3,(H,21,25)(H2,19,20,22,23,24). The maximum Gasteiger partial charge on any atom is 0.411 e. The summed E-state index contributed by atoms with van der Waals surface area (Å²) in [6.45, 7) is 5.24. The van der Waals surface area contributed by atoms with Gasteiger partial charge in [0, 0.05) is 18.1 Å². The monoisotopic (exact) mass is 414 g/mol. The van der Waals surface area contributed by atoms with Gasteiger partial charge in [0.05, 0.1) is 10.7 Å². The van der Waals surface area contributed by atoms with Gasteiger partial charge in [0.15, 0.2) is 0 Å². The lowest BCUT2D eigenvalue weighted by Crippen LogP contribution is -2.18. The number of hydrogen-bond acceptors (Lipinski definition) is 8. The summed E-state index contributed by atoms with van der Waals surface area (Å²) in [6, 6.07) is 4.84. The third-order valence-corrected chi connectivity index (χ3v) is 3.55. The molecule has 0 radical (unpaired) electrons. The second-order valence-electron chi connectivity index (χ2n) is 5.06. The lowest BCUT2D eigenvalue weighted by Gasteiger charge is -2.10. The number of amides is 1. The van der Waals surface area contributed by atoms with Gasteiger partial charge in [-0.1, -0.05) is 23.2 Å². The summed E-state index contributed by atoms with van der Waals surface area (Å²) in [7, 11) is 0. The van der Waals surface area contributed by atoms with Crippen molar-refractivity contribution in [1.29, 1.82) is 0 Å². The number of rotatable bonds is 9. The Kier molecular flexibility index (Phi) is 8.15. The van der Waals surface area contributed by atoms with Crippen LogP contribution in [0.25, 0.3) is 0 Å². The number of ether oxygens (including phenoxy) is 2. The molecular formula is C16H20Cl2N6O3. The van der Waals surface area contributed by atoms with E-state index in [1.54, 1.807) is 12.1 Å². The Hall–Kier alpha value is -2.52. The molecule has 0 spiro atoms. The average molecular weight is 415 g/mol. The van der Waals surface area contributed by atoms with Gasteiger partial charge in [-0.3, -0.25) is 5.32 Å². The van der Waals surface area contributed by atoms with E-state index >= 15 is 0 Å². The van der Waals surface area contributed by atoms with Gasteiger partial charge < -0.3 is 20.1 Å². The molecule has 0 aliphatic rings. The van der Waals surface area contributed by atoms with Gasteiger partial charge in [-0.05, 0) is 32.0 Å². The quantitative estimate of drug-likeness (QED) is 0.532. The van der Waals surface area contributed by atoms with Crippen LogP contribution in [-0.2, 0) is 4.74 Å². The van der Waals surface area contributed by atoms with Crippen LogP contribution in [0.15, 0.2) is 18.2 Å². The number of nitrogens with zero attached hydrogens (tertiary/aromatic N) is 3. The number of carbonyl (C=O) groups excluding carboxylic acids is 1. The smallest absolute Gasteiger partial charge is 0.411 e. The molecule has 9 nitrogen and oxygen atoms in total. The van der Waals surface area contributed by atoms with Crippen molar-refractivity contribution in [1.82, 2.24) is 15.0 Å². The fraction of sp³-hybridized carbons (Fsp3) is 0.375. The molecule has 1 aromatic carbocycles. The van der Waals surface area contributed by atoms with Crippen molar-refractivity contribution < 1.29 is 14.3 Å². The molecule has 1 heterocycles. The highest BCUT2D eigenvalue weighted by Gasteiger charge is 2.09. The van der Waals surface area contributed by atoms with Gasteiger partial charge in [0.25, 0.3) is 0 Å². The third kappa shape index (κ3) is 6.95. The Morgan fingerprint density at radius 1 is 1.04 bits per heavy atom. The molecule has 0 aliphatic carbocycles. The van der Waals surface area contributed by atoms with Crippen LogP contribution < -0.4 is 20.7 Å². The van der Waals surface area contributed by atoms with Crippen LogP contribution in [-0.4, -0.2) is 47.3 Å². The van der Waals surface area contributed by atoms with E-state index in [2.05, 4.69) is 30.9 Å². The van der Waals surface area contributed by atoms with Crippen LogP contribution in [0.2, 0.25) is 10.0 Å². The second kappa shape index (κ2) is 10.6. The molecule has 0 fully saturated rings. The summed E-state index contributed by atoms with van der Waals surface area (Å²) in [6.07, 6.45) is -0.667. The molecule has 2 rings (SSSR count). The molecule has 146 valence electrons. The minimum atomic E-state index is -0.667. The van der Waals surface area contributed by atoms with Gasteiger partial charge in [0.2, 0.25) is 11.9 Å². The Balaban J connectivity index is 1.82. The highest BCUT2D eigenvalue weighted by atomic mass is 35.5. The van der Waals surface area contributed by atoms with E-state index in [1.807, 2.05) is 13.8 Å². The molecule has 1 aromatic heterocycles. The summed E-state index contributed by atoms with van der Waals surface area (Å²) in [4.78, 5) is 24.2. The number of halogens is 2. The second-order valence-corrected chi connectivity index (χ2v) is 5.90. The fourth-order valence-corrected chi connectivity index (χ4v) is 2.36. The van der Waals surface area contributed by atoms with Crippen molar-refractivity contribution in [3.8, 4) is 6.01 Å². The number of nitrogens with one attached hydrogen (secondary N) is 3. The lowest BCUT2D eigenvalue weighted by molar-refractivity contribution is 0.134. The minimum absolute atomic E-state index is 0.00416. The normalized spacial score (nSPS) is 10.2. The fourth-order valence-electron chi connectivity index (χ4n) is 1.90. The van der Waals surface area contributed by atoms with E-state index in [0.29, 0.717) is 40.7 Å². The SMILES string of the molecule is CCNc1nc(NCC)nc(OCCOC(=O)Nc2ccc(Cl)cc2Cl)n1. The Labute approximate surface area is 166 Å². The molecule has 2 aromatic rings. The molecule has 0 saturated heterocycles. The first-order valence-electron chi connectivity index (χ1n) is 8.27. The van der Waals surface area contributed by atoms with Gasteiger partial charge in [-0.25, -0.2) is 4.79 Å². The van der Waals surface area contributed by atoms with E-state index in [1.165, 1.54) is 6.07 Å². The third-order valence-electron chi connectivity index (χ3n) is 3.00. The Morgan fingerprint density at radius 3 is 2.30 bits per heavy atom. The summed E-state index contributed by atoms with van der Waals surface area (Å²) < 4.78 is 10.5. The zero-order valence-corrected chi connectivity index (χ0v) is 16.4. The van der Waals surface area contributed by atoms with E-state index < -0.39 is 6.09 Å². The Morgan fingerprint density at radius 2 is 1.70 bits per heavy atom. The average Bonchev–Trinajstić information content (AvgIpc) is 2.62. The largest absolute Gasteiger partial charge is 0.460 e.